The summed E-state index contributed by atoms with van der Waals surface area (Å²) < 4.78 is 11.4. The summed E-state index contributed by atoms with van der Waals surface area (Å²) in [5, 5.41) is 0. The number of rotatable bonds is 4. The molecule has 0 amide bonds. The molecule has 1 fully saturated rings. The summed E-state index contributed by atoms with van der Waals surface area (Å²) in [4.78, 5) is 0. The number of nitrogens with two attached hydrogens (primary N) is 1. The lowest BCUT2D eigenvalue weighted by Crippen LogP contribution is -2.43. The molecule has 0 aromatic heterocycles. The molecule has 0 radical (unpaired) electrons. The van der Waals surface area contributed by atoms with Crippen molar-refractivity contribution in [2.45, 2.75) is 51.4 Å². The van der Waals surface area contributed by atoms with Crippen molar-refractivity contribution in [2.75, 3.05) is 13.2 Å². The van der Waals surface area contributed by atoms with Crippen LogP contribution in [0.1, 0.15) is 39.5 Å². The third-order valence-corrected chi connectivity index (χ3v) is 2.61. The van der Waals surface area contributed by atoms with E-state index in [2.05, 4.69) is 0 Å². The highest BCUT2D eigenvalue weighted by atomic mass is 16.7. The van der Waals surface area contributed by atoms with Gasteiger partial charge in [-0.05, 0) is 26.7 Å². The molecule has 0 unspecified atom stereocenters. The van der Waals surface area contributed by atoms with Gasteiger partial charge in [-0.2, -0.15) is 0 Å². The van der Waals surface area contributed by atoms with Crippen molar-refractivity contribution in [3.63, 3.8) is 0 Å². The zero-order chi connectivity index (χ0) is 9.73. The Balaban J connectivity index is 2.47. The highest BCUT2D eigenvalue weighted by Gasteiger charge is 2.35. The van der Waals surface area contributed by atoms with Crippen molar-refractivity contribution in [2.24, 2.45) is 5.73 Å². The molecule has 0 saturated heterocycles. The van der Waals surface area contributed by atoms with Crippen LogP contribution in [0.5, 0.6) is 0 Å². The van der Waals surface area contributed by atoms with Gasteiger partial charge in [0.05, 0.1) is 0 Å². The Labute approximate surface area is 80.6 Å². The van der Waals surface area contributed by atoms with Crippen molar-refractivity contribution in [3.8, 4) is 0 Å². The van der Waals surface area contributed by atoms with Crippen LogP contribution in [0.4, 0.5) is 0 Å². The first-order chi connectivity index (χ1) is 6.22. The summed E-state index contributed by atoms with van der Waals surface area (Å²) in [6, 6.07) is 0.342. The molecule has 0 aromatic rings. The molecule has 3 nitrogen and oxygen atoms in total. The van der Waals surface area contributed by atoms with Crippen LogP contribution in [0.2, 0.25) is 0 Å². The standard InChI is InChI=1S/C10H21NO2/c1-3-12-10(13-4-2)7-5-9(11)6-8-10/h9H,3-8,11H2,1-2H3. The molecule has 0 heterocycles. The van der Waals surface area contributed by atoms with Crippen LogP contribution in [-0.2, 0) is 9.47 Å². The molecule has 1 rings (SSSR count). The molecule has 1 saturated carbocycles. The van der Waals surface area contributed by atoms with Crippen LogP contribution in [-0.4, -0.2) is 25.0 Å². The van der Waals surface area contributed by atoms with Gasteiger partial charge >= 0.3 is 0 Å². The highest BCUT2D eigenvalue weighted by molar-refractivity contribution is 4.81. The van der Waals surface area contributed by atoms with E-state index in [9.17, 15) is 0 Å². The van der Waals surface area contributed by atoms with Crippen LogP contribution >= 0.6 is 0 Å². The van der Waals surface area contributed by atoms with Gasteiger partial charge in [-0.1, -0.05) is 0 Å². The Morgan fingerprint density at radius 1 is 1.15 bits per heavy atom. The average molecular weight is 187 g/mol. The Morgan fingerprint density at radius 3 is 2.00 bits per heavy atom. The van der Waals surface area contributed by atoms with Gasteiger partial charge in [0.25, 0.3) is 0 Å². The summed E-state index contributed by atoms with van der Waals surface area (Å²) >= 11 is 0. The first-order valence-corrected chi connectivity index (χ1v) is 5.26. The molecule has 78 valence electrons. The molecular formula is C10H21NO2. The lowest BCUT2D eigenvalue weighted by Gasteiger charge is -2.38. The van der Waals surface area contributed by atoms with Crippen LogP contribution < -0.4 is 5.73 Å². The van der Waals surface area contributed by atoms with Gasteiger partial charge in [0.2, 0.25) is 0 Å². The lowest BCUT2D eigenvalue weighted by atomic mass is 9.90. The maximum Gasteiger partial charge on any atom is 0.168 e. The molecule has 1 aliphatic rings. The Kier molecular flexibility index (Phi) is 4.16. The van der Waals surface area contributed by atoms with E-state index in [1.165, 1.54) is 0 Å². The molecule has 0 spiro atoms. The quantitative estimate of drug-likeness (QED) is 0.681. The molecule has 0 aromatic carbocycles. The number of hydrogen-bond acceptors (Lipinski definition) is 3. The first kappa shape index (κ1) is 11.0. The van der Waals surface area contributed by atoms with Crippen LogP contribution in [0.3, 0.4) is 0 Å². The second-order valence-corrected chi connectivity index (χ2v) is 3.61. The second kappa shape index (κ2) is 4.94. The first-order valence-electron chi connectivity index (χ1n) is 5.26. The van der Waals surface area contributed by atoms with E-state index in [1.54, 1.807) is 0 Å². The number of hydrogen-bond donors (Lipinski definition) is 1. The minimum Gasteiger partial charge on any atom is -0.350 e. The molecular weight excluding hydrogens is 166 g/mol. The van der Waals surface area contributed by atoms with Gasteiger partial charge in [-0.25, -0.2) is 0 Å². The summed E-state index contributed by atoms with van der Waals surface area (Å²) in [5.41, 5.74) is 5.84. The Hall–Kier alpha value is -0.120. The predicted molar refractivity (Wildman–Crippen MR) is 52.4 cm³/mol. The van der Waals surface area contributed by atoms with Gasteiger partial charge in [0, 0.05) is 32.1 Å². The topological polar surface area (TPSA) is 44.5 Å². The van der Waals surface area contributed by atoms with E-state index in [4.69, 9.17) is 15.2 Å². The van der Waals surface area contributed by atoms with Gasteiger partial charge in [-0.15, -0.1) is 0 Å². The van der Waals surface area contributed by atoms with E-state index in [0.29, 0.717) is 6.04 Å². The van der Waals surface area contributed by atoms with Crippen LogP contribution in [0.25, 0.3) is 0 Å². The fourth-order valence-corrected chi connectivity index (χ4v) is 1.94. The van der Waals surface area contributed by atoms with Crippen LogP contribution in [0, 0.1) is 0 Å². The maximum absolute atomic E-state index is 5.84. The molecule has 3 heteroatoms. The summed E-state index contributed by atoms with van der Waals surface area (Å²) in [6.45, 7) is 5.45. The summed E-state index contributed by atoms with van der Waals surface area (Å²) in [7, 11) is 0. The highest BCUT2D eigenvalue weighted by Crippen LogP contribution is 2.32. The summed E-state index contributed by atoms with van der Waals surface area (Å²) in [6.07, 6.45) is 3.91. The van der Waals surface area contributed by atoms with Crippen LogP contribution in [0.15, 0.2) is 0 Å². The molecule has 13 heavy (non-hydrogen) atoms. The van der Waals surface area contributed by atoms with Crippen molar-refractivity contribution in [3.05, 3.63) is 0 Å². The zero-order valence-electron chi connectivity index (χ0n) is 8.71. The van der Waals surface area contributed by atoms with Gasteiger partial charge < -0.3 is 15.2 Å². The smallest absolute Gasteiger partial charge is 0.168 e. The minimum atomic E-state index is -0.320. The van der Waals surface area contributed by atoms with E-state index in [1.807, 2.05) is 13.8 Å². The van der Waals surface area contributed by atoms with Crippen molar-refractivity contribution in [1.29, 1.82) is 0 Å². The van der Waals surface area contributed by atoms with Crippen molar-refractivity contribution >= 4 is 0 Å². The van der Waals surface area contributed by atoms with Crippen molar-refractivity contribution < 1.29 is 9.47 Å². The predicted octanol–water partition coefficient (Wildman–Crippen LogP) is 1.66. The normalized spacial score (nSPS) is 23.3. The third kappa shape index (κ3) is 2.93. The van der Waals surface area contributed by atoms with E-state index < -0.39 is 0 Å². The second-order valence-electron chi connectivity index (χ2n) is 3.61. The van der Waals surface area contributed by atoms with E-state index >= 15 is 0 Å². The Morgan fingerprint density at radius 2 is 1.62 bits per heavy atom. The zero-order valence-corrected chi connectivity index (χ0v) is 8.71. The molecule has 1 aliphatic carbocycles. The van der Waals surface area contributed by atoms with Gasteiger partial charge in [0.15, 0.2) is 5.79 Å². The third-order valence-electron chi connectivity index (χ3n) is 2.61. The van der Waals surface area contributed by atoms with Gasteiger partial charge in [0.1, 0.15) is 0 Å². The summed E-state index contributed by atoms with van der Waals surface area (Å²) in [5.74, 6) is -0.320. The molecule has 0 bridgehead atoms. The van der Waals surface area contributed by atoms with Gasteiger partial charge in [-0.3, -0.25) is 0 Å². The minimum absolute atomic E-state index is 0.320. The number of ether oxygens (including phenoxy) is 2. The maximum atomic E-state index is 5.84. The monoisotopic (exact) mass is 187 g/mol. The fraction of sp³-hybridized carbons (Fsp3) is 1.00. The molecule has 2 N–H and O–H groups in total. The molecule has 0 aliphatic heterocycles. The van der Waals surface area contributed by atoms with Crippen molar-refractivity contribution in [1.82, 2.24) is 0 Å². The molecule has 0 atom stereocenters. The SMILES string of the molecule is CCOC1(OCC)CCC(N)CC1. The Bertz CT molecular complexity index is 134. The average Bonchev–Trinajstić information content (AvgIpc) is 2.11. The largest absolute Gasteiger partial charge is 0.350 e. The van der Waals surface area contributed by atoms with E-state index in [0.717, 1.165) is 38.9 Å². The lowest BCUT2D eigenvalue weighted by molar-refractivity contribution is -0.249. The fourth-order valence-electron chi connectivity index (χ4n) is 1.94. The van der Waals surface area contributed by atoms with E-state index in [-0.39, 0.29) is 5.79 Å².